The van der Waals surface area contributed by atoms with Gasteiger partial charge >= 0.3 is 0 Å². The second-order valence-corrected chi connectivity index (χ2v) is 7.27. The molecule has 2 heterocycles. The molecule has 4 aromatic rings. The predicted molar refractivity (Wildman–Crippen MR) is 109 cm³/mol. The molecule has 4 rings (SSSR count). The third-order valence-electron chi connectivity index (χ3n) is 4.40. The van der Waals surface area contributed by atoms with E-state index >= 15 is 0 Å². The number of nitrogens with zero attached hydrogens (tertiary/aromatic N) is 4. The summed E-state index contributed by atoms with van der Waals surface area (Å²) in [6, 6.07) is 20.0. The van der Waals surface area contributed by atoms with Gasteiger partial charge in [-0.15, -0.1) is 0 Å². The largest absolute Gasteiger partial charge is 0.286 e. The minimum absolute atomic E-state index is 0.0880. The van der Waals surface area contributed by atoms with Gasteiger partial charge in [-0.3, -0.25) is 14.4 Å². The van der Waals surface area contributed by atoms with Crippen LogP contribution in [0.5, 0.6) is 0 Å². The van der Waals surface area contributed by atoms with Crippen molar-refractivity contribution in [2.75, 3.05) is 11.4 Å². The number of hydrogen-bond acceptors (Lipinski definition) is 4. The maximum atomic E-state index is 13.0. The minimum atomic E-state index is 0.0880. The molecule has 0 radical (unpaired) electrons. The lowest BCUT2D eigenvalue weighted by Gasteiger charge is -2.20. The van der Waals surface area contributed by atoms with Gasteiger partial charge in [0.2, 0.25) is 5.91 Å². The maximum absolute atomic E-state index is 13.0. The third kappa shape index (κ3) is 4.23. The second-order valence-electron chi connectivity index (χ2n) is 6.26. The van der Waals surface area contributed by atoms with Gasteiger partial charge in [-0.2, -0.15) is 5.10 Å². The highest BCUT2D eigenvalue weighted by Gasteiger charge is 2.19. The van der Waals surface area contributed by atoms with Crippen LogP contribution < -0.4 is 4.90 Å². The first-order valence-electron chi connectivity index (χ1n) is 8.97. The molecule has 0 aliphatic carbocycles. The Bertz CT molecular complexity index is 978. The molecule has 6 heteroatoms. The number of para-hydroxylation sites is 1. The zero-order valence-electron chi connectivity index (χ0n) is 14.9. The van der Waals surface area contributed by atoms with Crippen molar-refractivity contribution in [1.82, 2.24) is 14.8 Å². The van der Waals surface area contributed by atoms with E-state index < -0.39 is 0 Å². The quantitative estimate of drug-likeness (QED) is 0.487. The molecule has 136 valence electrons. The zero-order chi connectivity index (χ0) is 18.5. The summed E-state index contributed by atoms with van der Waals surface area (Å²) in [5.41, 5.74) is 2.10. The fraction of sp³-hybridized carbons (Fsp3) is 0.190. The summed E-state index contributed by atoms with van der Waals surface area (Å²) in [5.74, 6) is 0.0880. The van der Waals surface area contributed by atoms with Gasteiger partial charge in [0, 0.05) is 25.4 Å². The number of anilines is 1. The Kier molecular flexibility index (Phi) is 5.25. The van der Waals surface area contributed by atoms with Gasteiger partial charge in [0.25, 0.3) is 0 Å². The van der Waals surface area contributed by atoms with E-state index in [0.717, 1.165) is 21.8 Å². The van der Waals surface area contributed by atoms with Crippen LogP contribution in [0.25, 0.3) is 10.2 Å². The molecule has 2 aromatic heterocycles. The van der Waals surface area contributed by atoms with Crippen molar-refractivity contribution in [3.05, 3.63) is 78.6 Å². The number of aryl methyl sites for hydroxylation is 1. The van der Waals surface area contributed by atoms with E-state index in [1.165, 1.54) is 5.56 Å². The van der Waals surface area contributed by atoms with E-state index in [4.69, 9.17) is 0 Å². The Balaban J connectivity index is 1.53. The Morgan fingerprint density at radius 1 is 1.04 bits per heavy atom. The molecule has 0 spiro atoms. The summed E-state index contributed by atoms with van der Waals surface area (Å²) in [4.78, 5) is 19.5. The molecule has 5 nitrogen and oxygen atoms in total. The predicted octanol–water partition coefficient (Wildman–Crippen LogP) is 4.16. The van der Waals surface area contributed by atoms with Gasteiger partial charge in [0.15, 0.2) is 5.13 Å². The summed E-state index contributed by atoms with van der Waals surface area (Å²) >= 11 is 1.56. The molecule has 0 N–H and O–H groups in total. The van der Waals surface area contributed by atoms with E-state index in [0.29, 0.717) is 19.5 Å². The molecular formula is C21H20N4OS. The highest BCUT2D eigenvalue weighted by molar-refractivity contribution is 7.22. The maximum Gasteiger partial charge on any atom is 0.229 e. The minimum Gasteiger partial charge on any atom is -0.286 e. The summed E-state index contributed by atoms with van der Waals surface area (Å²) in [7, 11) is 0. The second kappa shape index (κ2) is 8.14. The van der Waals surface area contributed by atoms with Crippen LogP contribution >= 0.6 is 11.3 Å². The highest BCUT2D eigenvalue weighted by Crippen LogP contribution is 2.29. The molecule has 2 aromatic carbocycles. The van der Waals surface area contributed by atoms with Gasteiger partial charge in [-0.1, -0.05) is 53.8 Å². The Hall–Kier alpha value is -2.99. The number of amides is 1. The molecule has 27 heavy (non-hydrogen) atoms. The van der Waals surface area contributed by atoms with E-state index in [9.17, 15) is 4.79 Å². The monoisotopic (exact) mass is 376 g/mol. The first kappa shape index (κ1) is 17.4. The topological polar surface area (TPSA) is 51.0 Å². The van der Waals surface area contributed by atoms with Crippen molar-refractivity contribution in [3.8, 4) is 0 Å². The lowest BCUT2D eigenvalue weighted by molar-refractivity contribution is -0.118. The van der Waals surface area contributed by atoms with Crippen LogP contribution in [0.3, 0.4) is 0 Å². The Morgan fingerprint density at radius 2 is 1.85 bits per heavy atom. The first-order chi connectivity index (χ1) is 13.3. The zero-order valence-corrected chi connectivity index (χ0v) is 15.7. The van der Waals surface area contributed by atoms with Crippen LogP contribution in [0, 0.1) is 0 Å². The van der Waals surface area contributed by atoms with Gasteiger partial charge in [-0.25, -0.2) is 4.98 Å². The molecule has 0 aliphatic rings. The molecule has 0 saturated heterocycles. The number of benzene rings is 2. The molecule has 0 aliphatic heterocycles. The summed E-state index contributed by atoms with van der Waals surface area (Å²) in [6.07, 6.45) is 4.84. The lowest BCUT2D eigenvalue weighted by Crippen LogP contribution is -2.34. The number of rotatable bonds is 7. The molecule has 1 amide bonds. The third-order valence-corrected chi connectivity index (χ3v) is 5.46. The van der Waals surface area contributed by atoms with E-state index in [1.54, 1.807) is 22.4 Å². The average molecular weight is 376 g/mol. The van der Waals surface area contributed by atoms with Crippen LogP contribution in [-0.4, -0.2) is 27.2 Å². The molecule has 0 atom stereocenters. The van der Waals surface area contributed by atoms with Crippen molar-refractivity contribution in [2.24, 2.45) is 0 Å². The summed E-state index contributed by atoms with van der Waals surface area (Å²) in [6.45, 7) is 1.19. The van der Waals surface area contributed by atoms with Crippen molar-refractivity contribution in [2.45, 2.75) is 19.4 Å². The lowest BCUT2D eigenvalue weighted by atomic mass is 10.1. The van der Waals surface area contributed by atoms with Gasteiger partial charge in [-0.05, 0) is 30.2 Å². The normalized spacial score (nSPS) is 11.0. The first-order valence-corrected chi connectivity index (χ1v) is 9.78. The van der Waals surface area contributed by atoms with Crippen LogP contribution in [0.15, 0.2) is 73.1 Å². The van der Waals surface area contributed by atoms with Gasteiger partial charge < -0.3 is 0 Å². The Labute approximate surface area is 161 Å². The number of fused-ring (bicyclic) bond motifs is 1. The van der Waals surface area contributed by atoms with Crippen molar-refractivity contribution >= 4 is 32.6 Å². The number of thiazole rings is 1. The molecule has 0 unspecified atom stereocenters. The van der Waals surface area contributed by atoms with Gasteiger partial charge in [0.1, 0.15) is 0 Å². The van der Waals surface area contributed by atoms with Crippen LogP contribution in [0.4, 0.5) is 5.13 Å². The van der Waals surface area contributed by atoms with Gasteiger partial charge in [0.05, 0.1) is 16.8 Å². The molecule has 0 saturated carbocycles. The van der Waals surface area contributed by atoms with Crippen LogP contribution in [0.2, 0.25) is 0 Å². The molecule has 0 bridgehead atoms. The molecular weight excluding hydrogens is 356 g/mol. The standard InChI is InChI=1S/C21H20N4OS/c26-20(12-11-17-7-2-1-3-8-17)25(16-15-24-14-6-13-22-24)21-23-18-9-4-5-10-19(18)27-21/h1-10,13-14H,11-12,15-16H2. The fourth-order valence-corrected chi connectivity index (χ4v) is 3.98. The van der Waals surface area contributed by atoms with E-state index in [2.05, 4.69) is 22.2 Å². The number of hydrogen-bond donors (Lipinski definition) is 0. The number of carbonyl (C=O) groups excluding carboxylic acids is 1. The van der Waals surface area contributed by atoms with E-state index in [1.807, 2.05) is 59.4 Å². The number of carbonyl (C=O) groups is 1. The van der Waals surface area contributed by atoms with Crippen LogP contribution in [0.1, 0.15) is 12.0 Å². The van der Waals surface area contributed by atoms with Crippen LogP contribution in [-0.2, 0) is 17.8 Å². The smallest absolute Gasteiger partial charge is 0.229 e. The number of aromatic nitrogens is 3. The van der Waals surface area contributed by atoms with E-state index in [-0.39, 0.29) is 5.91 Å². The fourth-order valence-electron chi connectivity index (χ4n) is 2.97. The SMILES string of the molecule is O=C(CCc1ccccc1)N(CCn1cccn1)c1nc2ccccc2s1. The summed E-state index contributed by atoms with van der Waals surface area (Å²) < 4.78 is 2.93. The van der Waals surface area contributed by atoms with Crippen molar-refractivity contribution < 1.29 is 4.79 Å². The summed E-state index contributed by atoms with van der Waals surface area (Å²) in [5, 5.41) is 4.99. The molecule has 0 fully saturated rings. The Morgan fingerprint density at radius 3 is 2.63 bits per heavy atom. The van der Waals surface area contributed by atoms with Crippen molar-refractivity contribution in [3.63, 3.8) is 0 Å². The average Bonchev–Trinajstić information content (AvgIpc) is 3.37. The van der Waals surface area contributed by atoms with Crippen molar-refractivity contribution in [1.29, 1.82) is 0 Å². The highest BCUT2D eigenvalue weighted by atomic mass is 32.1.